The van der Waals surface area contributed by atoms with Gasteiger partial charge in [0.25, 0.3) is 0 Å². The Balaban J connectivity index is 1.77. The summed E-state index contributed by atoms with van der Waals surface area (Å²) < 4.78 is 5.29. The van der Waals surface area contributed by atoms with Gasteiger partial charge < -0.3 is 9.84 Å². The number of amides is 1. The Morgan fingerprint density at radius 1 is 1.33 bits per heavy atom. The van der Waals surface area contributed by atoms with Gasteiger partial charge in [-0.05, 0) is 18.4 Å². The van der Waals surface area contributed by atoms with Crippen LogP contribution in [-0.4, -0.2) is 40.1 Å². The van der Waals surface area contributed by atoms with Crippen LogP contribution in [0.1, 0.15) is 43.5 Å². The Morgan fingerprint density at radius 3 is 2.83 bits per heavy atom. The average molecular weight is 328 g/mol. The molecular formula is C18H24N4O2. The molecule has 1 aromatic heterocycles. The lowest BCUT2D eigenvalue weighted by Crippen LogP contribution is -2.45. The molecule has 6 heteroatoms. The molecule has 1 amide bonds. The molecule has 0 spiro atoms. The summed E-state index contributed by atoms with van der Waals surface area (Å²) >= 11 is 0. The first-order valence-electron chi connectivity index (χ1n) is 8.51. The van der Waals surface area contributed by atoms with Gasteiger partial charge in [-0.15, -0.1) is 0 Å². The van der Waals surface area contributed by atoms with Crippen LogP contribution in [0.2, 0.25) is 0 Å². The highest BCUT2D eigenvalue weighted by molar-refractivity contribution is 5.82. The van der Waals surface area contributed by atoms with Crippen molar-refractivity contribution in [3.05, 3.63) is 47.6 Å². The third kappa shape index (κ3) is 4.00. The predicted octanol–water partition coefficient (Wildman–Crippen LogP) is 2.13. The predicted molar refractivity (Wildman–Crippen MR) is 90.4 cm³/mol. The van der Waals surface area contributed by atoms with Crippen LogP contribution < -0.4 is 5.32 Å². The number of carbonyl (C=O) groups excluding carboxylic acids is 1. The molecule has 1 unspecified atom stereocenters. The standard InChI is InChI=1S/C18H24N4O2/c1-13(2)18-20-16(21-24-18)12-22-10-6-9-19-17(23)15(22)11-14-7-4-3-5-8-14/h3-5,7-8,13,15H,6,9-12H2,1-2H3,(H,19,23). The molecule has 128 valence electrons. The number of hydrogen-bond donors (Lipinski definition) is 1. The fraction of sp³-hybridized carbons (Fsp3) is 0.500. The molecule has 0 saturated carbocycles. The molecular weight excluding hydrogens is 304 g/mol. The first-order chi connectivity index (χ1) is 11.6. The Kier molecular flexibility index (Phi) is 5.25. The SMILES string of the molecule is CC(C)c1nc(CN2CCCNC(=O)C2Cc2ccccc2)no1. The Bertz CT molecular complexity index is 669. The van der Waals surface area contributed by atoms with E-state index < -0.39 is 0 Å². The number of nitrogens with one attached hydrogen (secondary N) is 1. The van der Waals surface area contributed by atoms with Crippen molar-refractivity contribution >= 4 is 5.91 Å². The number of nitrogens with zero attached hydrogens (tertiary/aromatic N) is 3. The molecule has 1 fully saturated rings. The van der Waals surface area contributed by atoms with E-state index in [1.165, 1.54) is 0 Å². The van der Waals surface area contributed by atoms with Crippen LogP contribution in [0, 0.1) is 0 Å². The van der Waals surface area contributed by atoms with Crippen molar-refractivity contribution in [3.63, 3.8) is 0 Å². The minimum atomic E-state index is -0.212. The largest absolute Gasteiger partial charge is 0.355 e. The van der Waals surface area contributed by atoms with E-state index in [0.717, 1.165) is 18.5 Å². The molecule has 1 aromatic carbocycles. The molecule has 1 N–H and O–H groups in total. The van der Waals surface area contributed by atoms with Gasteiger partial charge in [0.2, 0.25) is 11.8 Å². The van der Waals surface area contributed by atoms with E-state index in [9.17, 15) is 4.79 Å². The molecule has 1 atom stereocenters. The highest BCUT2D eigenvalue weighted by atomic mass is 16.5. The monoisotopic (exact) mass is 328 g/mol. The van der Waals surface area contributed by atoms with E-state index in [1.807, 2.05) is 32.0 Å². The number of hydrogen-bond acceptors (Lipinski definition) is 5. The molecule has 0 radical (unpaired) electrons. The van der Waals surface area contributed by atoms with Gasteiger partial charge in [0.1, 0.15) is 0 Å². The lowest BCUT2D eigenvalue weighted by atomic mass is 10.0. The Labute approximate surface area is 142 Å². The summed E-state index contributed by atoms with van der Waals surface area (Å²) in [7, 11) is 0. The van der Waals surface area contributed by atoms with Crippen LogP contribution in [0.15, 0.2) is 34.9 Å². The van der Waals surface area contributed by atoms with E-state index in [1.54, 1.807) is 0 Å². The minimum Gasteiger partial charge on any atom is -0.355 e. The normalized spacial score (nSPS) is 19.3. The molecule has 1 aliphatic rings. The molecule has 1 saturated heterocycles. The van der Waals surface area contributed by atoms with Crippen molar-refractivity contribution in [1.82, 2.24) is 20.4 Å². The fourth-order valence-electron chi connectivity index (χ4n) is 2.93. The van der Waals surface area contributed by atoms with E-state index in [2.05, 4.69) is 32.5 Å². The summed E-state index contributed by atoms with van der Waals surface area (Å²) in [5.41, 5.74) is 1.15. The molecule has 2 aromatic rings. The van der Waals surface area contributed by atoms with Gasteiger partial charge in [-0.3, -0.25) is 9.69 Å². The van der Waals surface area contributed by atoms with Gasteiger partial charge >= 0.3 is 0 Å². The van der Waals surface area contributed by atoms with Crippen molar-refractivity contribution in [1.29, 1.82) is 0 Å². The zero-order valence-corrected chi connectivity index (χ0v) is 14.2. The molecule has 3 rings (SSSR count). The Morgan fingerprint density at radius 2 is 2.12 bits per heavy atom. The van der Waals surface area contributed by atoms with Crippen molar-refractivity contribution in [2.24, 2.45) is 0 Å². The number of aromatic nitrogens is 2. The van der Waals surface area contributed by atoms with E-state index >= 15 is 0 Å². The van der Waals surface area contributed by atoms with Crippen LogP contribution >= 0.6 is 0 Å². The van der Waals surface area contributed by atoms with E-state index in [0.29, 0.717) is 31.2 Å². The maximum absolute atomic E-state index is 12.5. The molecule has 6 nitrogen and oxygen atoms in total. The summed E-state index contributed by atoms with van der Waals surface area (Å²) in [5, 5.41) is 7.08. The van der Waals surface area contributed by atoms with Gasteiger partial charge in [0, 0.05) is 19.0 Å². The Hall–Kier alpha value is -2.21. The summed E-state index contributed by atoms with van der Waals surface area (Å²) in [5.74, 6) is 1.57. The molecule has 0 bridgehead atoms. The first-order valence-corrected chi connectivity index (χ1v) is 8.51. The molecule has 0 aliphatic carbocycles. The quantitative estimate of drug-likeness (QED) is 0.910. The van der Waals surface area contributed by atoms with Crippen LogP contribution in [0.25, 0.3) is 0 Å². The van der Waals surface area contributed by atoms with Gasteiger partial charge in [-0.25, -0.2) is 0 Å². The average Bonchev–Trinajstić information content (AvgIpc) is 2.98. The first kappa shape index (κ1) is 16.6. The zero-order chi connectivity index (χ0) is 16.9. The summed E-state index contributed by atoms with van der Waals surface area (Å²) in [6.07, 6.45) is 1.60. The van der Waals surface area contributed by atoms with Crippen molar-refractivity contribution in [2.75, 3.05) is 13.1 Å². The van der Waals surface area contributed by atoms with Gasteiger partial charge in [-0.2, -0.15) is 4.98 Å². The van der Waals surface area contributed by atoms with E-state index in [4.69, 9.17) is 4.52 Å². The number of carbonyl (C=O) groups is 1. The molecule has 24 heavy (non-hydrogen) atoms. The van der Waals surface area contributed by atoms with Crippen molar-refractivity contribution in [3.8, 4) is 0 Å². The lowest BCUT2D eigenvalue weighted by molar-refractivity contribution is -0.125. The van der Waals surface area contributed by atoms with Crippen LogP contribution in [0.3, 0.4) is 0 Å². The maximum atomic E-state index is 12.5. The summed E-state index contributed by atoms with van der Waals surface area (Å²) in [4.78, 5) is 19.1. The highest BCUT2D eigenvalue weighted by Crippen LogP contribution is 2.17. The summed E-state index contributed by atoms with van der Waals surface area (Å²) in [6, 6.07) is 9.89. The van der Waals surface area contributed by atoms with Crippen molar-refractivity contribution < 1.29 is 9.32 Å². The molecule has 1 aliphatic heterocycles. The third-order valence-corrected chi connectivity index (χ3v) is 4.26. The maximum Gasteiger partial charge on any atom is 0.237 e. The number of benzene rings is 1. The second-order valence-electron chi connectivity index (χ2n) is 6.52. The second kappa shape index (κ2) is 7.57. The topological polar surface area (TPSA) is 71.3 Å². The zero-order valence-electron chi connectivity index (χ0n) is 14.2. The number of rotatable bonds is 5. The van der Waals surface area contributed by atoms with Crippen LogP contribution in [0.4, 0.5) is 0 Å². The molecule has 2 heterocycles. The summed E-state index contributed by atoms with van der Waals surface area (Å²) in [6.45, 7) is 6.12. The van der Waals surface area contributed by atoms with Gasteiger partial charge in [0.05, 0.1) is 12.6 Å². The second-order valence-corrected chi connectivity index (χ2v) is 6.52. The van der Waals surface area contributed by atoms with E-state index in [-0.39, 0.29) is 17.9 Å². The van der Waals surface area contributed by atoms with Crippen molar-refractivity contribution in [2.45, 2.75) is 45.2 Å². The van der Waals surface area contributed by atoms with Gasteiger partial charge in [-0.1, -0.05) is 49.3 Å². The van der Waals surface area contributed by atoms with Crippen LogP contribution in [0.5, 0.6) is 0 Å². The third-order valence-electron chi connectivity index (χ3n) is 4.26. The highest BCUT2D eigenvalue weighted by Gasteiger charge is 2.29. The smallest absolute Gasteiger partial charge is 0.237 e. The van der Waals surface area contributed by atoms with Gasteiger partial charge in [0.15, 0.2) is 5.82 Å². The fourth-order valence-corrected chi connectivity index (χ4v) is 2.93. The minimum absolute atomic E-state index is 0.0731. The van der Waals surface area contributed by atoms with Crippen LogP contribution in [-0.2, 0) is 17.8 Å². The lowest BCUT2D eigenvalue weighted by Gasteiger charge is -2.27.